The van der Waals surface area contributed by atoms with E-state index in [1.165, 1.54) is 18.9 Å². The zero-order valence-electron chi connectivity index (χ0n) is 18.9. The summed E-state index contributed by atoms with van der Waals surface area (Å²) in [6, 6.07) is 2.59. The molecule has 2 aliphatic heterocycles. The lowest BCUT2D eigenvalue weighted by Gasteiger charge is -2.59. The van der Waals surface area contributed by atoms with Crippen molar-refractivity contribution in [3.8, 4) is 0 Å². The molecule has 34 heavy (non-hydrogen) atoms. The Hall–Kier alpha value is -2.69. The molecule has 0 atom stereocenters. The highest BCUT2D eigenvalue weighted by molar-refractivity contribution is 5.76. The third-order valence-corrected chi connectivity index (χ3v) is 7.71. The van der Waals surface area contributed by atoms with Crippen LogP contribution in [0.15, 0.2) is 18.3 Å². The third-order valence-electron chi connectivity index (χ3n) is 7.71. The van der Waals surface area contributed by atoms with Crippen molar-refractivity contribution in [2.45, 2.75) is 50.2 Å². The molecule has 1 spiro atoms. The molecule has 4 heterocycles. The van der Waals surface area contributed by atoms with Crippen molar-refractivity contribution < 1.29 is 18.0 Å². The van der Waals surface area contributed by atoms with E-state index in [9.17, 15) is 18.0 Å². The van der Waals surface area contributed by atoms with Gasteiger partial charge in [-0.2, -0.15) is 18.3 Å². The van der Waals surface area contributed by atoms with E-state index in [4.69, 9.17) is 0 Å². The maximum Gasteiger partial charge on any atom is 0.417 e. The predicted molar refractivity (Wildman–Crippen MR) is 116 cm³/mol. The number of amides is 2. The molecule has 0 aromatic carbocycles. The summed E-state index contributed by atoms with van der Waals surface area (Å²) in [4.78, 5) is 27.5. The van der Waals surface area contributed by atoms with Crippen molar-refractivity contribution in [3.05, 3.63) is 41.2 Å². The molecule has 2 aromatic rings. The van der Waals surface area contributed by atoms with Gasteiger partial charge in [0.1, 0.15) is 5.82 Å². The van der Waals surface area contributed by atoms with Gasteiger partial charge in [0.2, 0.25) is 0 Å². The number of alkyl halides is 3. The zero-order valence-corrected chi connectivity index (χ0v) is 18.9. The normalized spacial score (nSPS) is 23.1. The van der Waals surface area contributed by atoms with Crippen LogP contribution in [0.1, 0.15) is 60.4 Å². The number of likely N-dealkylation sites (tertiary alicyclic amines) is 1. The van der Waals surface area contributed by atoms with Gasteiger partial charge < -0.3 is 9.80 Å². The third kappa shape index (κ3) is 4.14. The van der Waals surface area contributed by atoms with Gasteiger partial charge in [0.25, 0.3) is 0 Å². The van der Waals surface area contributed by atoms with Crippen molar-refractivity contribution in [3.63, 3.8) is 0 Å². The number of nitrogens with one attached hydrogen (secondary N) is 1. The van der Waals surface area contributed by atoms with Gasteiger partial charge in [0.15, 0.2) is 5.82 Å². The number of halogens is 3. The molecule has 2 saturated heterocycles. The smallest absolute Gasteiger partial charge is 0.323 e. The number of aromatic nitrogens is 4. The average Bonchev–Trinajstić information content (AvgIpc) is 3.50. The number of nitrogens with zero attached hydrogens (tertiary/aromatic N) is 6. The van der Waals surface area contributed by atoms with Crippen molar-refractivity contribution in [1.29, 1.82) is 0 Å². The van der Waals surface area contributed by atoms with Crippen molar-refractivity contribution in [2.75, 3.05) is 39.3 Å². The molecule has 6 rings (SSSR count). The first-order valence-electron chi connectivity index (χ1n) is 12.0. The van der Waals surface area contributed by atoms with E-state index in [0.29, 0.717) is 50.3 Å². The van der Waals surface area contributed by atoms with Crippen LogP contribution in [-0.4, -0.2) is 80.2 Å². The van der Waals surface area contributed by atoms with Crippen molar-refractivity contribution >= 4 is 6.03 Å². The van der Waals surface area contributed by atoms with Gasteiger partial charge in [-0.05, 0) is 37.8 Å². The van der Waals surface area contributed by atoms with Crippen LogP contribution in [0.3, 0.4) is 0 Å². The molecule has 8 nitrogen and oxygen atoms in total. The highest BCUT2D eigenvalue weighted by Crippen LogP contribution is 2.55. The summed E-state index contributed by atoms with van der Waals surface area (Å²) in [6.45, 7) is 4.70. The number of aromatic amines is 1. The topological polar surface area (TPSA) is 81.3 Å². The molecule has 2 aliphatic carbocycles. The molecule has 4 fully saturated rings. The van der Waals surface area contributed by atoms with Gasteiger partial charge in [-0.25, -0.2) is 9.78 Å². The maximum absolute atomic E-state index is 12.9. The van der Waals surface area contributed by atoms with E-state index in [0.717, 1.165) is 49.8 Å². The van der Waals surface area contributed by atoms with Gasteiger partial charge in [-0.1, -0.05) is 0 Å². The van der Waals surface area contributed by atoms with E-state index in [1.807, 2.05) is 9.80 Å². The van der Waals surface area contributed by atoms with Crippen molar-refractivity contribution in [1.82, 2.24) is 34.9 Å². The lowest BCUT2D eigenvalue weighted by molar-refractivity contribution is -0.137. The van der Waals surface area contributed by atoms with E-state index in [2.05, 4.69) is 25.1 Å². The molecule has 0 bridgehead atoms. The molecule has 4 aliphatic rings. The second-order valence-electron chi connectivity index (χ2n) is 10.4. The highest BCUT2D eigenvalue weighted by Gasteiger charge is 2.55. The number of hydrogen-bond donors (Lipinski definition) is 1. The van der Waals surface area contributed by atoms with Crippen LogP contribution in [0.4, 0.5) is 18.0 Å². The Bertz CT molecular complexity index is 1040. The molecule has 182 valence electrons. The monoisotopic (exact) mass is 475 g/mol. The summed E-state index contributed by atoms with van der Waals surface area (Å²) < 4.78 is 38.1. The van der Waals surface area contributed by atoms with Crippen LogP contribution >= 0.6 is 0 Å². The fourth-order valence-electron chi connectivity index (χ4n) is 5.55. The van der Waals surface area contributed by atoms with Gasteiger partial charge in [0, 0.05) is 69.3 Å². The summed E-state index contributed by atoms with van der Waals surface area (Å²) in [7, 11) is 0. The summed E-state index contributed by atoms with van der Waals surface area (Å²) in [5.41, 5.74) is 0.101. The lowest BCUT2D eigenvalue weighted by atomic mass is 9.57. The van der Waals surface area contributed by atoms with E-state index in [1.54, 1.807) is 0 Å². The minimum atomic E-state index is -4.37. The number of carbonyl (C=O) groups is 1. The Labute approximate surface area is 195 Å². The number of pyridine rings is 1. The van der Waals surface area contributed by atoms with E-state index >= 15 is 0 Å². The first-order chi connectivity index (χ1) is 16.3. The molecule has 1 N–H and O–H groups in total. The van der Waals surface area contributed by atoms with Crippen molar-refractivity contribution in [2.24, 2.45) is 5.41 Å². The molecule has 2 aromatic heterocycles. The molecular formula is C23H28F3N7O. The van der Waals surface area contributed by atoms with Crippen LogP contribution in [0.25, 0.3) is 0 Å². The number of piperazine rings is 1. The highest BCUT2D eigenvalue weighted by atomic mass is 19.4. The SMILES string of the molecule is O=C(N1CCN(Cc2ccc(C(F)(F)F)cn2)CC1)N1CC2(CC(c3n[nH]c(C4CC4)n3)C2)C1. The Morgan fingerprint density at radius 2 is 1.79 bits per heavy atom. The zero-order chi connectivity index (χ0) is 23.5. The fraction of sp³-hybridized carbons (Fsp3) is 0.652. The Morgan fingerprint density at radius 1 is 1.06 bits per heavy atom. The number of urea groups is 1. The molecule has 0 unspecified atom stereocenters. The number of carbonyl (C=O) groups excluding carboxylic acids is 1. The first kappa shape index (κ1) is 21.8. The fourth-order valence-corrected chi connectivity index (χ4v) is 5.55. The second-order valence-corrected chi connectivity index (χ2v) is 10.4. The summed E-state index contributed by atoms with van der Waals surface area (Å²) >= 11 is 0. The molecule has 11 heteroatoms. The Morgan fingerprint density at radius 3 is 2.41 bits per heavy atom. The van der Waals surface area contributed by atoms with Crippen LogP contribution in [0.5, 0.6) is 0 Å². The van der Waals surface area contributed by atoms with Gasteiger partial charge >= 0.3 is 12.2 Å². The van der Waals surface area contributed by atoms with Crippen LogP contribution in [-0.2, 0) is 12.7 Å². The van der Waals surface area contributed by atoms with Gasteiger partial charge in [-0.15, -0.1) is 0 Å². The number of rotatable bonds is 4. The predicted octanol–water partition coefficient (Wildman–Crippen LogP) is 3.21. The van der Waals surface area contributed by atoms with Crippen LogP contribution < -0.4 is 0 Å². The minimum Gasteiger partial charge on any atom is -0.323 e. The quantitative estimate of drug-likeness (QED) is 0.735. The minimum absolute atomic E-state index is 0.0929. The van der Waals surface area contributed by atoms with Gasteiger partial charge in [0.05, 0.1) is 11.3 Å². The first-order valence-corrected chi connectivity index (χ1v) is 12.0. The van der Waals surface area contributed by atoms with E-state index in [-0.39, 0.29) is 11.4 Å². The second kappa shape index (κ2) is 7.93. The van der Waals surface area contributed by atoms with Gasteiger partial charge in [-0.3, -0.25) is 15.0 Å². The molecule has 0 radical (unpaired) electrons. The lowest BCUT2D eigenvalue weighted by Crippen LogP contribution is -2.66. The molecule has 2 saturated carbocycles. The number of H-pyrrole nitrogens is 1. The molecular weight excluding hydrogens is 447 g/mol. The Balaban J connectivity index is 0.938. The summed E-state index contributed by atoms with van der Waals surface area (Å²) in [5.74, 6) is 2.97. The van der Waals surface area contributed by atoms with Crippen LogP contribution in [0, 0.1) is 5.41 Å². The summed E-state index contributed by atoms with van der Waals surface area (Å²) in [5, 5.41) is 7.51. The largest absolute Gasteiger partial charge is 0.417 e. The van der Waals surface area contributed by atoms with Crippen LogP contribution in [0.2, 0.25) is 0 Å². The molecule has 2 amide bonds. The maximum atomic E-state index is 12.9. The number of hydrogen-bond acceptors (Lipinski definition) is 5. The summed E-state index contributed by atoms with van der Waals surface area (Å²) in [6.07, 6.45) is 1.02. The average molecular weight is 476 g/mol. The Kier molecular flexibility index (Phi) is 5.09. The standard InChI is InChI=1S/C23H28F3N7O/c24-23(25,26)17-3-4-18(27-11-17)12-31-5-7-32(8-6-31)21(34)33-13-22(14-33)9-16(10-22)20-28-19(29-30-20)15-1-2-15/h3-4,11,15-16H,1-2,5-10,12-14H2,(H,28,29,30). The van der Waals surface area contributed by atoms with E-state index < -0.39 is 11.7 Å².